The predicted octanol–water partition coefficient (Wildman–Crippen LogP) is 1.09. The molecular formula is C22H30N4O2. The molecule has 4 unspecified atom stereocenters. The average molecular weight is 383 g/mol. The first kappa shape index (κ1) is 18.1. The first-order valence-corrected chi connectivity index (χ1v) is 10.8. The zero-order valence-corrected chi connectivity index (χ0v) is 16.4. The second-order valence-electron chi connectivity index (χ2n) is 8.96. The van der Waals surface area contributed by atoms with Crippen molar-refractivity contribution in [3.63, 3.8) is 0 Å². The molecule has 150 valence electrons. The summed E-state index contributed by atoms with van der Waals surface area (Å²) in [6.07, 6.45) is 4.45. The Morgan fingerprint density at radius 2 is 1.75 bits per heavy atom. The molecule has 6 heteroatoms. The van der Waals surface area contributed by atoms with Crippen molar-refractivity contribution in [2.45, 2.75) is 31.7 Å². The molecule has 2 heterocycles. The monoisotopic (exact) mass is 382 g/mol. The van der Waals surface area contributed by atoms with Crippen LogP contribution in [0.1, 0.15) is 24.8 Å². The fraction of sp³-hybridized carbons (Fsp3) is 0.636. The number of nitrogens with two attached hydrogens (primary N) is 1. The summed E-state index contributed by atoms with van der Waals surface area (Å²) in [6, 6.07) is 8.23. The second kappa shape index (κ2) is 7.16. The Balaban J connectivity index is 1.15. The largest absolute Gasteiger partial charge is 0.340 e. The van der Waals surface area contributed by atoms with Gasteiger partial charge in [-0.25, -0.2) is 0 Å². The van der Waals surface area contributed by atoms with Gasteiger partial charge in [0.15, 0.2) is 0 Å². The van der Waals surface area contributed by atoms with Gasteiger partial charge in [-0.05, 0) is 49.1 Å². The van der Waals surface area contributed by atoms with Gasteiger partial charge in [-0.2, -0.15) is 0 Å². The van der Waals surface area contributed by atoms with Crippen LogP contribution in [0.2, 0.25) is 0 Å². The van der Waals surface area contributed by atoms with E-state index in [4.69, 9.17) is 5.73 Å². The smallest absolute Gasteiger partial charge is 0.241 e. The number of para-hydroxylation sites is 1. The second-order valence-corrected chi connectivity index (χ2v) is 8.96. The maximum Gasteiger partial charge on any atom is 0.241 e. The normalized spacial score (nSPS) is 32.0. The summed E-state index contributed by atoms with van der Waals surface area (Å²) in [4.78, 5) is 31.9. The van der Waals surface area contributed by atoms with Gasteiger partial charge in [-0.3, -0.25) is 14.5 Å². The van der Waals surface area contributed by atoms with Gasteiger partial charge in [0.1, 0.15) is 0 Å². The van der Waals surface area contributed by atoms with E-state index in [0.717, 1.165) is 38.2 Å². The molecule has 2 aliphatic carbocycles. The summed E-state index contributed by atoms with van der Waals surface area (Å²) in [5.41, 5.74) is 8.69. The number of fused-ring (bicyclic) bond motifs is 3. The molecule has 6 nitrogen and oxygen atoms in total. The maximum atomic E-state index is 13.0. The van der Waals surface area contributed by atoms with Crippen LogP contribution in [-0.2, 0) is 16.0 Å². The Bertz CT molecular complexity index is 772. The molecule has 4 atom stereocenters. The van der Waals surface area contributed by atoms with E-state index in [1.807, 2.05) is 28.0 Å². The summed E-state index contributed by atoms with van der Waals surface area (Å²) in [5, 5.41) is 0. The van der Waals surface area contributed by atoms with E-state index in [1.165, 1.54) is 18.4 Å². The van der Waals surface area contributed by atoms with E-state index in [1.54, 1.807) is 0 Å². The number of nitrogens with zero attached hydrogens (tertiary/aromatic N) is 3. The summed E-state index contributed by atoms with van der Waals surface area (Å²) in [7, 11) is 0. The molecular weight excluding hydrogens is 352 g/mol. The minimum Gasteiger partial charge on any atom is -0.340 e. The first-order chi connectivity index (χ1) is 13.6. The SMILES string of the molecule is NC1C2CCC(C2)C1C(=O)N1CCN(CC(=O)N2CCc3ccccc32)CC1. The lowest BCUT2D eigenvalue weighted by atomic mass is 9.84. The zero-order valence-electron chi connectivity index (χ0n) is 16.4. The van der Waals surface area contributed by atoms with E-state index in [-0.39, 0.29) is 23.8 Å². The lowest BCUT2D eigenvalue weighted by molar-refractivity contribution is -0.139. The highest BCUT2D eigenvalue weighted by molar-refractivity contribution is 5.96. The summed E-state index contributed by atoms with van der Waals surface area (Å²) >= 11 is 0. The van der Waals surface area contributed by atoms with Crippen LogP contribution in [0, 0.1) is 17.8 Å². The number of anilines is 1. The average Bonchev–Trinajstić information content (AvgIpc) is 3.42. The van der Waals surface area contributed by atoms with Crippen LogP contribution < -0.4 is 10.6 Å². The summed E-state index contributed by atoms with van der Waals surface area (Å²) < 4.78 is 0. The fourth-order valence-corrected chi connectivity index (χ4v) is 5.91. The molecule has 2 bridgehead atoms. The van der Waals surface area contributed by atoms with Gasteiger partial charge in [-0.15, -0.1) is 0 Å². The maximum absolute atomic E-state index is 13.0. The number of benzene rings is 1. The standard InChI is InChI=1S/C22H30N4O2/c23-21-17-6-5-16(13-17)20(21)22(28)25-11-9-24(10-12-25)14-19(27)26-8-7-15-3-1-2-4-18(15)26/h1-4,16-17,20-21H,5-14,23H2. The third-order valence-corrected chi connectivity index (χ3v) is 7.50. The van der Waals surface area contributed by atoms with Gasteiger partial charge in [-0.1, -0.05) is 18.2 Å². The first-order valence-electron chi connectivity index (χ1n) is 10.8. The number of hydrogen-bond acceptors (Lipinski definition) is 4. The highest BCUT2D eigenvalue weighted by atomic mass is 16.2. The minimum absolute atomic E-state index is 0.0352. The van der Waals surface area contributed by atoms with Gasteiger partial charge < -0.3 is 15.5 Å². The molecule has 1 aromatic carbocycles. The number of hydrogen-bond donors (Lipinski definition) is 1. The van der Waals surface area contributed by atoms with Crippen molar-refractivity contribution in [1.82, 2.24) is 9.80 Å². The molecule has 2 saturated carbocycles. The van der Waals surface area contributed by atoms with Crippen LogP contribution >= 0.6 is 0 Å². The Morgan fingerprint density at radius 1 is 1.00 bits per heavy atom. The van der Waals surface area contributed by atoms with Crippen LogP contribution in [-0.4, -0.2) is 66.9 Å². The molecule has 4 aliphatic rings. The van der Waals surface area contributed by atoms with Gasteiger partial charge in [0.25, 0.3) is 0 Å². The highest BCUT2D eigenvalue weighted by Crippen LogP contribution is 2.48. The summed E-state index contributed by atoms with van der Waals surface area (Å²) in [5.74, 6) is 1.52. The van der Waals surface area contributed by atoms with Crippen LogP contribution in [0.25, 0.3) is 0 Å². The van der Waals surface area contributed by atoms with Crippen molar-refractivity contribution in [2.75, 3.05) is 44.2 Å². The van der Waals surface area contributed by atoms with Crippen LogP contribution in [0.4, 0.5) is 5.69 Å². The molecule has 0 radical (unpaired) electrons. The molecule has 1 aromatic rings. The number of amides is 2. The van der Waals surface area contributed by atoms with Crippen molar-refractivity contribution in [1.29, 1.82) is 0 Å². The van der Waals surface area contributed by atoms with Crippen molar-refractivity contribution in [3.8, 4) is 0 Å². The van der Waals surface area contributed by atoms with Crippen molar-refractivity contribution in [3.05, 3.63) is 29.8 Å². The number of rotatable bonds is 3. The van der Waals surface area contributed by atoms with Crippen molar-refractivity contribution >= 4 is 17.5 Å². The molecule has 2 aliphatic heterocycles. The fourth-order valence-electron chi connectivity index (χ4n) is 5.91. The Labute approximate surface area is 166 Å². The minimum atomic E-state index is 0.0352. The Morgan fingerprint density at radius 3 is 2.50 bits per heavy atom. The number of piperazine rings is 1. The van der Waals surface area contributed by atoms with Gasteiger partial charge in [0, 0.05) is 44.5 Å². The molecule has 5 rings (SSSR count). The Kier molecular flexibility index (Phi) is 4.63. The van der Waals surface area contributed by atoms with Gasteiger partial charge >= 0.3 is 0 Å². The van der Waals surface area contributed by atoms with E-state index in [2.05, 4.69) is 11.0 Å². The molecule has 2 N–H and O–H groups in total. The predicted molar refractivity (Wildman–Crippen MR) is 108 cm³/mol. The number of carbonyl (C=O) groups is 2. The molecule has 2 amide bonds. The lowest BCUT2D eigenvalue weighted by Crippen LogP contribution is -2.55. The zero-order chi connectivity index (χ0) is 19.3. The van der Waals surface area contributed by atoms with E-state index < -0.39 is 0 Å². The molecule has 1 saturated heterocycles. The molecule has 28 heavy (non-hydrogen) atoms. The molecule has 0 aromatic heterocycles. The van der Waals surface area contributed by atoms with Crippen LogP contribution in [0.3, 0.4) is 0 Å². The van der Waals surface area contributed by atoms with Crippen molar-refractivity contribution < 1.29 is 9.59 Å². The Hall–Kier alpha value is -1.92. The lowest BCUT2D eigenvalue weighted by Gasteiger charge is -2.38. The van der Waals surface area contributed by atoms with E-state index in [0.29, 0.717) is 31.5 Å². The topological polar surface area (TPSA) is 69.9 Å². The molecule has 3 fully saturated rings. The summed E-state index contributed by atoms with van der Waals surface area (Å²) in [6.45, 7) is 4.17. The third kappa shape index (κ3) is 3.03. The van der Waals surface area contributed by atoms with Gasteiger partial charge in [0.2, 0.25) is 11.8 Å². The highest BCUT2D eigenvalue weighted by Gasteiger charge is 2.50. The van der Waals surface area contributed by atoms with E-state index >= 15 is 0 Å². The van der Waals surface area contributed by atoms with Crippen LogP contribution in [0.5, 0.6) is 0 Å². The molecule has 0 spiro atoms. The van der Waals surface area contributed by atoms with E-state index in [9.17, 15) is 9.59 Å². The third-order valence-electron chi connectivity index (χ3n) is 7.50. The quantitative estimate of drug-likeness (QED) is 0.850. The van der Waals surface area contributed by atoms with Crippen molar-refractivity contribution in [2.24, 2.45) is 23.5 Å². The van der Waals surface area contributed by atoms with Gasteiger partial charge in [0.05, 0.1) is 12.5 Å². The number of carbonyl (C=O) groups excluding carboxylic acids is 2. The van der Waals surface area contributed by atoms with Crippen LogP contribution in [0.15, 0.2) is 24.3 Å².